The molecule has 0 unspecified atom stereocenters. The quantitative estimate of drug-likeness (QED) is 0.311. The summed E-state index contributed by atoms with van der Waals surface area (Å²) < 4.78 is 5.42. The zero-order chi connectivity index (χ0) is 17.3. The first kappa shape index (κ1) is 16.1. The van der Waals surface area contributed by atoms with E-state index >= 15 is 0 Å². The zero-order valence-electron chi connectivity index (χ0n) is 11.8. The molecule has 0 fully saturated rings. The van der Waals surface area contributed by atoms with Gasteiger partial charge in [-0.2, -0.15) is 9.78 Å². The van der Waals surface area contributed by atoms with Gasteiger partial charge in [0.25, 0.3) is 0 Å². The number of carbonyl (C=O) groups is 1. The first-order valence-electron chi connectivity index (χ1n) is 6.44. The minimum absolute atomic E-state index is 0.0100. The molecular weight excluding hydrogens is 340 g/mol. The third kappa shape index (κ3) is 2.98. The van der Waals surface area contributed by atoms with Crippen LogP contribution in [0.15, 0.2) is 41.3 Å². The Morgan fingerprint density at radius 2 is 1.96 bits per heavy atom. The Morgan fingerprint density at radius 1 is 1.17 bits per heavy atom. The maximum atomic E-state index is 11.0. The summed E-state index contributed by atoms with van der Waals surface area (Å²) in [6.07, 6.45) is 0. The lowest BCUT2D eigenvalue weighted by Gasteiger charge is -2.10. The average molecular weight is 350 g/mol. The van der Waals surface area contributed by atoms with Gasteiger partial charge in [-0.25, -0.2) is 10.1 Å². The summed E-state index contributed by atoms with van der Waals surface area (Å²) in [4.78, 5) is 11.5. The van der Waals surface area contributed by atoms with Crippen LogP contribution >= 0.6 is 12.0 Å². The monoisotopic (exact) mass is 350 g/mol. The molecule has 0 bridgehead atoms. The molecule has 2 aromatic carbocycles. The molecule has 9 nitrogen and oxygen atoms in total. The van der Waals surface area contributed by atoms with E-state index in [4.69, 9.17) is 10.4 Å². The average Bonchev–Trinajstić information content (AvgIpc) is 2.94. The number of hydrogen-bond acceptors (Lipinski definition) is 8. The topological polar surface area (TPSA) is 134 Å². The van der Waals surface area contributed by atoms with Crippen LogP contribution in [0.4, 0.5) is 0 Å². The molecule has 0 aliphatic carbocycles. The molecule has 0 saturated carbocycles. The van der Waals surface area contributed by atoms with Gasteiger partial charge in [0.15, 0.2) is 5.69 Å². The number of phenolic OH excluding ortho intramolecular Hbond substituents is 1. The van der Waals surface area contributed by atoms with Crippen molar-refractivity contribution in [2.24, 2.45) is 0 Å². The summed E-state index contributed by atoms with van der Waals surface area (Å²) in [6, 6.07) is 8.74. The number of benzene rings is 2. The molecule has 0 aliphatic rings. The van der Waals surface area contributed by atoms with Crippen molar-refractivity contribution in [1.29, 1.82) is 0 Å². The van der Waals surface area contributed by atoms with E-state index in [1.165, 1.54) is 18.2 Å². The highest BCUT2D eigenvalue weighted by Gasteiger charge is 2.17. The van der Waals surface area contributed by atoms with Gasteiger partial charge in [-0.15, -0.1) is 4.33 Å². The largest absolute Gasteiger partial charge is 0.508 e. The Morgan fingerprint density at radius 3 is 2.62 bits per heavy atom. The molecule has 10 heteroatoms. The van der Waals surface area contributed by atoms with E-state index in [0.717, 1.165) is 10.7 Å². The number of carboxylic acid groups (broad SMARTS) is 1. The number of aromatic nitrogens is 2. The highest BCUT2D eigenvalue weighted by Crippen LogP contribution is 2.33. The van der Waals surface area contributed by atoms with Crippen molar-refractivity contribution in [2.75, 3.05) is 0 Å². The number of rotatable bonds is 5. The number of phenols is 1. The smallest absolute Gasteiger partial charge is 0.356 e. The van der Waals surface area contributed by atoms with E-state index in [1.54, 1.807) is 12.1 Å². The second-order valence-corrected chi connectivity index (χ2v) is 5.45. The first-order valence-corrected chi connectivity index (χ1v) is 7.18. The summed E-state index contributed by atoms with van der Waals surface area (Å²) in [7, 11) is 0. The third-order valence-electron chi connectivity index (χ3n) is 3.19. The van der Waals surface area contributed by atoms with Crippen molar-refractivity contribution < 1.29 is 34.7 Å². The Bertz CT molecular complexity index is 925. The maximum absolute atomic E-state index is 11.0. The van der Waals surface area contributed by atoms with Crippen molar-refractivity contribution in [3.05, 3.63) is 42.1 Å². The van der Waals surface area contributed by atoms with E-state index in [-0.39, 0.29) is 11.4 Å². The van der Waals surface area contributed by atoms with Crippen LogP contribution in [0, 0.1) is 0 Å². The molecule has 3 rings (SSSR count). The molecule has 124 valence electrons. The summed E-state index contributed by atoms with van der Waals surface area (Å²) in [5.74, 6) is -1.69. The molecule has 24 heavy (non-hydrogen) atoms. The van der Waals surface area contributed by atoms with Crippen LogP contribution in [-0.4, -0.2) is 36.3 Å². The predicted molar refractivity (Wildman–Crippen MR) is 82.0 cm³/mol. The van der Waals surface area contributed by atoms with Gasteiger partial charge in [0.1, 0.15) is 5.75 Å². The van der Waals surface area contributed by atoms with E-state index in [0.29, 0.717) is 33.4 Å². The predicted octanol–water partition coefficient (Wildman–Crippen LogP) is 2.56. The molecule has 3 aromatic rings. The second kappa shape index (κ2) is 6.37. The van der Waals surface area contributed by atoms with Gasteiger partial charge < -0.3 is 15.3 Å². The van der Waals surface area contributed by atoms with E-state index < -0.39 is 11.8 Å². The van der Waals surface area contributed by atoms with Gasteiger partial charge in [-0.3, -0.25) is 0 Å². The fourth-order valence-electron chi connectivity index (χ4n) is 2.23. The Balaban J connectivity index is 2.24. The van der Waals surface area contributed by atoms with Gasteiger partial charge in [0.2, 0.25) is 5.88 Å². The van der Waals surface area contributed by atoms with Crippen LogP contribution in [0.25, 0.3) is 16.5 Å². The Kier molecular flexibility index (Phi) is 4.27. The fourth-order valence-corrected chi connectivity index (χ4v) is 2.67. The van der Waals surface area contributed by atoms with Crippen LogP contribution in [-0.2, 0) is 9.37 Å². The molecule has 1 heterocycles. The van der Waals surface area contributed by atoms with Crippen molar-refractivity contribution in [2.45, 2.75) is 4.90 Å². The van der Waals surface area contributed by atoms with Gasteiger partial charge in [-0.1, -0.05) is 11.1 Å². The Hall–Kier alpha value is -2.79. The molecule has 0 saturated heterocycles. The van der Waals surface area contributed by atoms with Crippen LogP contribution in [0.1, 0.15) is 10.5 Å². The summed E-state index contributed by atoms with van der Waals surface area (Å²) in [5, 5.41) is 45.5. The van der Waals surface area contributed by atoms with Gasteiger partial charge >= 0.3 is 5.97 Å². The van der Waals surface area contributed by atoms with Crippen molar-refractivity contribution in [3.63, 3.8) is 0 Å². The minimum Gasteiger partial charge on any atom is -0.508 e. The lowest BCUT2D eigenvalue weighted by atomic mass is 10.1. The second-order valence-electron chi connectivity index (χ2n) is 4.68. The van der Waals surface area contributed by atoms with E-state index in [2.05, 4.69) is 14.5 Å². The summed E-state index contributed by atoms with van der Waals surface area (Å²) in [6.45, 7) is 0. The molecule has 1 aromatic heterocycles. The summed E-state index contributed by atoms with van der Waals surface area (Å²) in [5.41, 5.74) is -0.0359. The molecule has 0 amide bonds. The number of fused-ring (bicyclic) bond motifs is 1. The number of aromatic hydroxyl groups is 2. The number of aromatic carboxylic acids is 1. The van der Waals surface area contributed by atoms with Crippen molar-refractivity contribution in [3.8, 4) is 17.3 Å². The van der Waals surface area contributed by atoms with Crippen LogP contribution < -0.4 is 0 Å². The molecule has 4 N–H and O–H groups in total. The van der Waals surface area contributed by atoms with E-state index in [9.17, 15) is 15.0 Å². The highest BCUT2D eigenvalue weighted by atomic mass is 32.2. The number of carboxylic acids is 1. The normalized spacial score (nSPS) is 11.0. The van der Waals surface area contributed by atoms with Gasteiger partial charge in [0.05, 0.1) is 17.7 Å². The molecule has 0 atom stereocenters. The van der Waals surface area contributed by atoms with Crippen LogP contribution in [0.3, 0.4) is 0 Å². The number of hydrogen-bond donors (Lipinski definition) is 4. The van der Waals surface area contributed by atoms with E-state index in [1.807, 2.05) is 0 Å². The van der Waals surface area contributed by atoms with Crippen molar-refractivity contribution >= 4 is 28.8 Å². The lowest BCUT2D eigenvalue weighted by Crippen LogP contribution is -2.02. The standard InChI is InChI=1S/C14H10N2O7S/c17-8-2-1-7-3-9(24-23-22-21)5-12(10(7)4-8)16-13(18)6-11(15-16)14(19)20/h1-6,17-18,21H,(H,19,20). The number of nitrogens with zero attached hydrogens (tertiary/aromatic N) is 2. The van der Waals surface area contributed by atoms with Gasteiger partial charge in [-0.05, 0) is 29.7 Å². The highest BCUT2D eigenvalue weighted by molar-refractivity contribution is 7.94. The molecule has 0 spiro atoms. The zero-order valence-corrected chi connectivity index (χ0v) is 12.6. The third-order valence-corrected chi connectivity index (χ3v) is 3.75. The van der Waals surface area contributed by atoms with Gasteiger partial charge in [0, 0.05) is 16.3 Å². The molecule has 0 aliphatic heterocycles. The Labute approximate surface area is 138 Å². The van der Waals surface area contributed by atoms with Crippen LogP contribution in [0.2, 0.25) is 0 Å². The summed E-state index contributed by atoms with van der Waals surface area (Å²) >= 11 is 0.693. The minimum atomic E-state index is -1.29. The molecular formula is C14H10N2O7S. The maximum Gasteiger partial charge on any atom is 0.356 e. The lowest BCUT2D eigenvalue weighted by molar-refractivity contribution is -0.432. The SMILES string of the molecule is O=C(O)c1cc(O)n(-c2cc(SOOO)cc3ccc(O)cc23)n1. The van der Waals surface area contributed by atoms with Crippen LogP contribution in [0.5, 0.6) is 11.6 Å². The van der Waals surface area contributed by atoms with Crippen molar-refractivity contribution in [1.82, 2.24) is 9.78 Å². The fraction of sp³-hybridized carbons (Fsp3) is 0. The molecule has 0 radical (unpaired) electrons. The first-order chi connectivity index (χ1) is 11.5.